The van der Waals surface area contributed by atoms with Gasteiger partial charge in [-0.25, -0.2) is 0 Å². The van der Waals surface area contributed by atoms with Gasteiger partial charge in [0.2, 0.25) is 0 Å². The average Bonchev–Trinajstić information content (AvgIpc) is 2.36. The lowest BCUT2D eigenvalue weighted by molar-refractivity contribution is -0.274. The van der Waals surface area contributed by atoms with Gasteiger partial charge in [0.05, 0.1) is 11.2 Å². The van der Waals surface area contributed by atoms with E-state index in [2.05, 4.69) is 15.1 Å². The second-order valence-electron chi connectivity index (χ2n) is 4.28. The van der Waals surface area contributed by atoms with Crippen LogP contribution >= 0.6 is 12.4 Å². The Labute approximate surface area is 125 Å². The van der Waals surface area contributed by atoms with Crippen LogP contribution in [0.15, 0.2) is 24.3 Å². The number of alkyl halides is 3. The zero-order chi connectivity index (χ0) is 14.8. The van der Waals surface area contributed by atoms with Gasteiger partial charge in [0.25, 0.3) is 0 Å². The molecular formula is C13H15ClF3N3O. The first-order valence-electron chi connectivity index (χ1n) is 6.09. The molecule has 2 aromatic rings. The molecule has 0 saturated heterocycles. The first-order chi connectivity index (χ1) is 9.43. The van der Waals surface area contributed by atoms with Crippen LogP contribution in [0.1, 0.15) is 19.0 Å². The number of hydrogen-bond donors (Lipinski definition) is 2. The minimum absolute atomic E-state index is 0. The molecule has 21 heavy (non-hydrogen) atoms. The van der Waals surface area contributed by atoms with Gasteiger partial charge >= 0.3 is 6.36 Å². The number of fused-ring (bicyclic) bond motifs is 1. The molecule has 2 rings (SSSR count). The Morgan fingerprint density at radius 3 is 2.57 bits per heavy atom. The average molecular weight is 322 g/mol. The van der Waals surface area contributed by atoms with Gasteiger partial charge in [-0.3, -0.25) is 10.8 Å². The highest BCUT2D eigenvalue weighted by Gasteiger charge is 2.31. The summed E-state index contributed by atoms with van der Waals surface area (Å²) in [6, 6.07) is 5.71. The van der Waals surface area contributed by atoms with Crippen LogP contribution in [0.2, 0.25) is 0 Å². The normalized spacial score (nSPS) is 11.1. The summed E-state index contributed by atoms with van der Waals surface area (Å²) >= 11 is 0. The topological polar surface area (TPSA) is 60.2 Å². The van der Waals surface area contributed by atoms with E-state index >= 15 is 0 Å². The number of benzene rings is 1. The Kier molecular flexibility index (Phi) is 5.62. The molecule has 4 nitrogen and oxygen atoms in total. The molecule has 0 fully saturated rings. The molecule has 8 heteroatoms. The van der Waals surface area contributed by atoms with Gasteiger partial charge in [-0.1, -0.05) is 13.3 Å². The Bertz CT molecular complexity index is 619. The maximum Gasteiger partial charge on any atom is 0.573 e. The molecule has 0 aliphatic carbocycles. The molecule has 0 radical (unpaired) electrons. The Balaban J connectivity index is 0.00000220. The molecule has 0 saturated carbocycles. The summed E-state index contributed by atoms with van der Waals surface area (Å²) in [5.74, 6) is 5.12. The highest BCUT2D eigenvalue weighted by molar-refractivity contribution is 5.92. The van der Waals surface area contributed by atoms with Crippen molar-refractivity contribution in [1.29, 1.82) is 0 Å². The monoisotopic (exact) mass is 321 g/mol. The lowest BCUT2D eigenvalue weighted by Gasteiger charge is -2.12. The molecule has 0 spiro atoms. The predicted octanol–water partition coefficient (Wildman–Crippen LogP) is 3.79. The van der Waals surface area contributed by atoms with E-state index in [4.69, 9.17) is 5.84 Å². The summed E-state index contributed by atoms with van der Waals surface area (Å²) in [6.07, 6.45) is -3.04. The molecule has 1 heterocycles. The van der Waals surface area contributed by atoms with Crippen LogP contribution in [0, 0.1) is 0 Å². The van der Waals surface area contributed by atoms with Gasteiger partial charge in [0, 0.05) is 11.1 Å². The second kappa shape index (κ2) is 6.82. The van der Waals surface area contributed by atoms with E-state index in [1.165, 1.54) is 18.2 Å². The van der Waals surface area contributed by atoms with Crippen molar-refractivity contribution < 1.29 is 17.9 Å². The van der Waals surface area contributed by atoms with Crippen molar-refractivity contribution in [2.24, 2.45) is 5.84 Å². The van der Waals surface area contributed by atoms with E-state index in [0.717, 1.165) is 18.5 Å². The first-order valence-corrected chi connectivity index (χ1v) is 6.09. The van der Waals surface area contributed by atoms with Gasteiger partial charge in [0.1, 0.15) is 5.75 Å². The lowest BCUT2D eigenvalue weighted by Crippen LogP contribution is -2.17. The maximum atomic E-state index is 12.2. The van der Waals surface area contributed by atoms with E-state index < -0.39 is 6.36 Å². The minimum atomic E-state index is -4.72. The zero-order valence-corrected chi connectivity index (χ0v) is 12.0. The summed E-state index contributed by atoms with van der Waals surface area (Å²) in [5, 5.41) is 0.481. The second-order valence-corrected chi connectivity index (χ2v) is 4.28. The smallest absolute Gasteiger partial charge is 0.406 e. The molecule has 0 atom stereocenters. The Morgan fingerprint density at radius 1 is 1.29 bits per heavy atom. The van der Waals surface area contributed by atoms with Gasteiger partial charge in [-0.05, 0) is 30.7 Å². The standard InChI is InChI=1S/C13H14F3N3O.ClH/c1-2-3-8-6-12(19-17)10-7-9(20-13(14,15)16)4-5-11(10)18-8;/h4-7H,2-3,17H2,1H3,(H,18,19);1H. The van der Waals surface area contributed by atoms with E-state index in [1.54, 1.807) is 6.07 Å². The summed E-state index contributed by atoms with van der Waals surface area (Å²) in [6.45, 7) is 2.02. The lowest BCUT2D eigenvalue weighted by atomic mass is 10.1. The van der Waals surface area contributed by atoms with Crippen LogP contribution in [0.3, 0.4) is 0 Å². The number of pyridine rings is 1. The SMILES string of the molecule is CCCc1cc(NN)c2cc(OC(F)(F)F)ccc2n1.Cl. The fraction of sp³-hybridized carbons (Fsp3) is 0.308. The van der Waals surface area contributed by atoms with Crippen LogP contribution in [0.25, 0.3) is 10.9 Å². The van der Waals surface area contributed by atoms with Crippen molar-refractivity contribution in [2.75, 3.05) is 5.43 Å². The number of nitrogens with one attached hydrogen (secondary N) is 1. The van der Waals surface area contributed by atoms with Gasteiger partial charge in [-0.2, -0.15) is 0 Å². The molecule has 0 aliphatic heterocycles. The zero-order valence-electron chi connectivity index (χ0n) is 11.2. The highest BCUT2D eigenvalue weighted by atomic mass is 35.5. The number of aromatic nitrogens is 1. The fourth-order valence-electron chi connectivity index (χ4n) is 1.96. The highest BCUT2D eigenvalue weighted by Crippen LogP contribution is 2.30. The summed E-state index contributed by atoms with van der Waals surface area (Å²) in [7, 11) is 0. The van der Waals surface area contributed by atoms with E-state index in [-0.39, 0.29) is 18.2 Å². The number of rotatable bonds is 4. The van der Waals surface area contributed by atoms with Crippen LogP contribution in [-0.4, -0.2) is 11.3 Å². The minimum Gasteiger partial charge on any atom is -0.406 e. The fourth-order valence-corrected chi connectivity index (χ4v) is 1.96. The van der Waals surface area contributed by atoms with Crippen molar-refractivity contribution in [3.8, 4) is 5.75 Å². The van der Waals surface area contributed by atoms with E-state index in [9.17, 15) is 13.2 Å². The van der Waals surface area contributed by atoms with Crippen LogP contribution in [0.5, 0.6) is 5.75 Å². The number of nitrogens with two attached hydrogens (primary N) is 1. The molecule has 0 amide bonds. The number of halogens is 4. The number of hydrogen-bond acceptors (Lipinski definition) is 4. The van der Waals surface area contributed by atoms with Crippen molar-refractivity contribution in [2.45, 2.75) is 26.1 Å². The Morgan fingerprint density at radius 2 is 2.00 bits per heavy atom. The molecule has 0 bridgehead atoms. The predicted molar refractivity (Wildman–Crippen MR) is 77.5 cm³/mol. The Hall–Kier alpha value is -1.73. The van der Waals surface area contributed by atoms with Crippen molar-refractivity contribution in [3.05, 3.63) is 30.0 Å². The molecule has 3 N–H and O–H groups in total. The number of anilines is 1. The van der Waals surface area contributed by atoms with Crippen LogP contribution < -0.4 is 16.0 Å². The van der Waals surface area contributed by atoms with Crippen molar-refractivity contribution >= 4 is 29.0 Å². The number of hydrazine groups is 1. The third kappa shape index (κ3) is 4.37. The van der Waals surface area contributed by atoms with Crippen LogP contribution in [0.4, 0.5) is 18.9 Å². The van der Waals surface area contributed by atoms with Gasteiger partial charge in [0.15, 0.2) is 0 Å². The molecule has 0 unspecified atom stereocenters. The summed E-state index contributed by atoms with van der Waals surface area (Å²) in [5.41, 5.74) is 4.40. The van der Waals surface area contributed by atoms with E-state index in [1.807, 2.05) is 6.92 Å². The maximum absolute atomic E-state index is 12.2. The third-order valence-electron chi connectivity index (χ3n) is 2.73. The van der Waals surface area contributed by atoms with Gasteiger partial charge in [-0.15, -0.1) is 25.6 Å². The largest absolute Gasteiger partial charge is 0.573 e. The van der Waals surface area contributed by atoms with Crippen LogP contribution in [-0.2, 0) is 6.42 Å². The summed E-state index contributed by atoms with van der Waals surface area (Å²) in [4.78, 5) is 4.38. The van der Waals surface area contributed by atoms with E-state index in [0.29, 0.717) is 16.6 Å². The number of nitrogen functional groups attached to an aromatic ring is 1. The molecule has 0 aliphatic rings. The van der Waals surface area contributed by atoms with Crippen molar-refractivity contribution in [1.82, 2.24) is 4.98 Å². The number of aryl methyl sites for hydroxylation is 1. The van der Waals surface area contributed by atoms with Gasteiger partial charge < -0.3 is 10.2 Å². The number of nitrogens with zero attached hydrogens (tertiary/aromatic N) is 1. The molecule has 1 aromatic heterocycles. The quantitative estimate of drug-likeness (QED) is 0.664. The molecule has 1 aromatic carbocycles. The molecule has 116 valence electrons. The first kappa shape index (κ1) is 17.3. The van der Waals surface area contributed by atoms with Crippen molar-refractivity contribution in [3.63, 3.8) is 0 Å². The third-order valence-corrected chi connectivity index (χ3v) is 2.73. The summed E-state index contributed by atoms with van der Waals surface area (Å²) < 4.78 is 40.5. The molecular weight excluding hydrogens is 307 g/mol. The number of ether oxygens (including phenoxy) is 1.